The van der Waals surface area contributed by atoms with Gasteiger partial charge in [0.2, 0.25) is 0 Å². The van der Waals surface area contributed by atoms with E-state index in [1.54, 1.807) is 0 Å². The molecule has 0 aromatic heterocycles. The number of benzene rings is 4. The van der Waals surface area contributed by atoms with Gasteiger partial charge < -0.3 is 19.2 Å². The molecule has 0 fully saturated rings. The third-order valence-corrected chi connectivity index (χ3v) is 5.03. The maximum absolute atomic E-state index is 9.97. The summed E-state index contributed by atoms with van der Waals surface area (Å²) in [6.45, 7) is 0. The lowest BCUT2D eigenvalue weighted by Crippen LogP contribution is -2.39. The summed E-state index contributed by atoms with van der Waals surface area (Å²) in [6.07, 6.45) is 0. The fourth-order valence-electron chi connectivity index (χ4n) is 3.84. The molecule has 0 aliphatic carbocycles. The number of quaternary nitrogens is 1. The van der Waals surface area contributed by atoms with Gasteiger partial charge in [0.1, 0.15) is 5.60 Å². The van der Waals surface area contributed by atoms with Crippen molar-refractivity contribution < 1.29 is 19.2 Å². The van der Waals surface area contributed by atoms with Crippen LogP contribution in [0.15, 0.2) is 115 Å². The molecular formula is C29H33BNO3+. The van der Waals surface area contributed by atoms with Gasteiger partial charge in [-0.15, -0.1) is 0 Å². The number of rotatable bonds is 6. The molecule has 0 heterocycles. The molecule has 4 nitrogen and oxygen atoms in total. The van der Waals surface area contributed by atoms with Crippen molar-refractivity contribution in [3.05, 3.63) is 132 Å². The van der Waals surface area contributed by atoms with E-state index in [-0.39, 0.29) is 0 Å². The van der Waals surface area contributed by atoms with Gasteiger partial charge in [-0.1, -0.05) is 115 Å². The van der Waals surface area contributed by atoms with Crippen molar-refractivity contribution >= 4 is 7.32 Å². The van der Waals surface area contributed by atoms with E-state index in [1.807, 2.05) is 115 Å². The average molecular weight is 454 g/mol. The highest BCUT2D eigenvalue weighted by molar-refractivity contribution is 6.33. The molecule has 174 valence electrons. The Morgan fingerprint density at radius 3 is 1.41 bits per heavy atom. The van der Waals surface area contributed by atoms with Crippen LogP contribution in [0.1, 0.15) is 16.7 Å². The summed E-state index contributed by atoms with van der Waals surface area (Å²) in [5.41, 5.74) is 3.22. The topological polar surface area (TPSA) is 49.7 Å². The first-order valence-electron chi connectivity index (χ1n) is 11.3. The molecule has 5 heteroatoms. The lowest BCUT2D eigenvalue weighted by atomic mass is 9.76. The molecule has 0 radical (unpaired) electrons. The van der Waals surface area contributed by atoms with Gasteiger partial charge in [-0.05, 0) is 27.8 Å². The van der Waals surface area contributed by atoms with Gasteiger partial charge in [-0.2, -0.15) is 0 Å². The van der Waals surface area contributed by atoms with E-state index >= 15 is 0 Å². The number of nitrogens with zero attached hydrogens (tertiary/aromatic N) is 1. The summed E-state index contributed by atoms with van der Waals surface area (Å²) in [4.78, 5) is 0. The predicted octanol–water partition coefficient (Wildman–Crippen LogP) is 4.95. The van der Waals surface area contributed by atoms with Crippen LogP contribution in [0.25, 0.3) is 11.1 Å². The monoisotopic (exact) mass is 454 g/mol. The molecule has 0 aliphatic rings. The Morgan fingerprint density at radius 2 is 0.971 bits per heavy atom. The minimum absolute atomic E-state index is 0.808. The quantitative estimate of drug-likeness (QED) is 0.246. The fraction of sp³-hybridized carbons (Fsp3) is 0.172. The molecule has 0 saturated carbocycles. The van der Waals surface area contributed by atoms with E-state index in [9.17, 15) is 10.0 Å². The predicted molar refractivity (Wildman–Crippen MR) is 140 cm³/mol. The second kappa shape index (κ2) is 11.3. The molecule has 2 N–H and O–H groups in total. The van der Waals surface area contributed by atoms with Crippen molar-refractivity contribution in [3.8, 4) is 11.1 Å². The van der Waals surface area contributed by atoms with Crippen molar-refractivity contribution in [3.63, 3.8) is 0 Å². The number of hydrogen-bond acceptors (Lipinski definition) is 3. The molecule has 0 bridgehead atoms. The van der Waals surface area contributed by atoms with E-state index in [1.165, 1.54) is 0 Å². The minimum atomic E-state index is -1.96. The van der Waals surface area contributed by atoms with E-state index in [0.717, 1.165) is 32.3 Å². The van der Waals surface area contributed by atoms with Crippen LogP contribution < -0.4 is 0 Å². The summed E-state index contributed by atoms with van der Waals surface area (Å²) in [5, 5.41) is 19.9. The van der Waals surface area contributed by atoms with Crippen LogP contribution in [0.3, 0.4) is 0 Å². The van der Waals surface area contributed by atoms with E-state index in [2.05, 4.69) is 28.2 Å². The van der Waals surface area contributed by atoms with Crippen LogP contribution in [0.4, 0.5) is 0 Å². The third-order valence-electron chi connectivity index (χ3n) is 5.03. The van der Waals surface area contributed by atoms with Gasteiger partial charge in [0, 0.05) is 0 Å². The zero-order valence-electron chi connectivity index (χ0n) is 20.3. The van der Waals surface area contributed by atoms with E-state index < -0.39 is 12.9 Å². The molecule has 4 rings (SSSR count). The molecule has 0 spiro atoms. The number of hydrogen-bond donors (Lipinski definition) is 2. The van der Waals surface area contributed by atoms with Crippen molar-refractivity contribution in [2.75, 3.05) is 28.2 Å². The first-order chi connectivity index (χ1) is 16.2. The maximum Gasteiger partial charge on any atom is 0.635 e. The second-order valence-electron chi connectivity index (χ2n) is 9.45. The van der Waals surface area contributed by atoms with Crippen LogP contribution in [0, 0.1) is 0 Å². The Morgan fingerprint density at radius 1 is 0.588 bits per heavy atom. The molecule has 4 aromatic rings. The van der Waals surface area contributed by atoms with Crippen molar-refractivity contribution in [1.29, 1.82) is 0 Å². The highest BCUT2D eigenvalue weighted by Crippen LogP contribution is 2.44. The summed E-state index contributed by atoms with van der Waals surface area (Å²) < 4.78 is 6.97. The highest BCUT2D eigenvalue weighted by Gasteiger charge is 2.42. The SMILES string of the molecule is C[N+](C)(C)C.OB(O)OC(c1ccccc1)(c1ccccc1)c1ccccc1-c1ccccc1. The zero-order valence-corrected chi connectivity index (χ0v) is 20.3. The molecule has 0 aliphatic heterocycles. The van der Waals surface area contributed by atoms with Gasteiger partial charge in [0.15, 0.2) is 0 Å². The van der Waals surface area contributed by atoms with E-state index in [4.69, 9.17) is 4.65 Å². The molecule has 0 unspecified atom stereocenters. The van der Waals surface area contributed by atoms with Crippen molar-refractivity contribution in [2.45, 2.75) is 5.60 Å². The first-order valence-corrected chi connectivity index (χ1v) is 11.3. The minimum Gasteiger partial charge on any atom is -0.402 e. The molecule has 0 atom stereocenters. The maximum atomic E-state index is 9.97. The second-order valence-corrected chi connectivity index (χ2v) is 9.45. The molecule has 4 aromatic carbocycles. The molecule has 0 saturated heterocycles. The van der Waals surface area contributed by atoms with Crippen LogP contribution >= 0.6 is 0 Å². The van der Waals surface area contributed by atoms with Crippen molar-refractivity contribution in [1.82, 2.24) is 0 Å². The Bertz CT molecular complexity index is 1100. The average Bonchev–Trinajstić information content (AvgIpc) is 2.83. The van der Waals surface area contributed by atoms with Gasteiger partial charge in [-0.25, -0.2) is 0 Å². The van der Waals surface area contributed by atoms with Crippen LogP contribution in [0.5, 0.6) is 0 Å². The zero-order chi connectivity index (χ0) is 24.6. The third kappa shape index (κ3) is 6.43. The van der Waals surface area contributed by atoms with Crippen LogP contribution in [-0.4, -0.2) is 50.0 Å². The Kier molecular flexibility index (Phi) is 8.43. The normalized spacial score (nSPS) is 11.4. The molecular weight excluding hydrogens is 421 g/mol. The molecule has 0 amide bonds. The van der Waals surface area contributed by atoms with Gasteiger partial charge >= 0.3 is 7.32 Å². The van der Waals surface area contributed by atoms with E-state index in [0.29, 0.717) is 0 Å². The summed E-state index contributed by atoms with van der Waals surface area (Å²) in [7, 11) is 6.54. The first kappa shape index (κ1) is 25.4. The summed E-state index contributed by atoms with van der Waals surface area (Å²) in [6, 6.07) is 37.2. The van der Waals surface area contributed by atoms with Gasteiger partial charge in [0.05, 0.1) is 28.2 Å². The van der Waals surface area contributed by atoms with Gasteiger partial charge in [0.25, 0.3) is 0 Å². The largest absolute Gasteiger partial charge is 0.635 e. The molecule has 34 heavy (non-hydrogen) atoms. The lowest BCUT2D eigenvalue weighted by Gasteiger charge is -2.37. The Balaban J connectivity index is 0.000000588. The Labute approximate surface area is 203 Å². The summed E-state index contributed by atoms with van der Waals surface area (Å²) in [5.74, 6) is 0. The fourth-order valence-corrected chi connectivity index (χ4v) is 3.84. The smallest absolute Gasteiger partial charge is 0.402 e. The lowest BCUT2D eigenvalue weighted by molar-refractivity contribution is -0.849. The van der Waals surface area contributed by atoms with Crippen LogP contribution in [-0.2, 0) is 10.3 Å². The Hall–Kier alpha value is -3.22. The van der Waals surface area contributed by atoms with Crippen molar-refractivity contribution in [2.24, 2.45) is 0 Å². The standard InChI is InChI=1S/C25H21BO3.C4H12N/c27-26(28)29-25(21-14-6-2-7-15-21,22-16-8-3-9-17-22)24-19-11-10-18-23(24)20-12-4-1-5-13-20;1-5(2,3)4/h1-19,27-28H;1-4H3/q;+1. The highest BCUT2D eigenvalue weighted by atomic mass is 16.6. The van der Waals surface area contributed by atoms with Gasteiger partial charge in [-0.3, -0.25) is 0 Å². The van der Waals surface area contributed by atoms with Crippen LogP contribution in [0.2, 0.25) is 0 Å². The summed E-state index contributed by atoms with van der Waals surface area (Å²) >= 11 is 0.